The maximum Gasteiger partial charge on any atom is 0.341 e. The number of carbonyl (C=O) groups excluding carboxylic acids is 1. The van der Waals surface area contributed by atoms with E-state index in [0.29, 0.717) is 24.0 Å². The predicted molar refractivity (Wildman–Crippen MR) is 77.4 cm³/mol. The molecule has 3 rings (SSSR count). The fourth-order valence-corrected chi connectivity index (χ4v) is 3.07. The summed E-state index contributed by atoms with van der Waals surface area (Å²) in [7, 11) is 1.39. The van der Waals surface area contributed by atoms with Crippen LogP contribution < -0.4 is 5.32 Å². The van der Waals surface area contributed by atoms with Gasteiger partial charge in [-0.15, -0.1) is 0 Å². The van der Waals surface area contributed by atoms with Gasteiger partial charge < -0.3 is 14.8 Å². The lowest BCUT2D eigenvalue weighted by Crippen LogP contribution is -2.22. The number of rotatable bonds is 4. The lowest BCUT2D eigenvalue weighted by molar-refractivity contribution is 0.0597. The van der Waals surface area contributed by atoms with Crippen LogP contribution in [0.5, 0.6) is 0 Å². The Labute approximate surface area is 124 Å². The Bertz CT molecular complexity index is 509. The summed E-state index contributed by atoms with van der Waals surface area (Å²) in [6.07, 6.45) is 7.08. The van der Waals surface area contributed by atoms with Crippen molar-refractivity contribution in [2.75, 3.05) is 25.6 Å². The van der Waals surface area contributed by atoms with E-state index in [1.807, 2.05) is 0 Å². The van der Waals surface area contributed by atoms with Gasteiger partial charge in [0.25, 0.3) is 0 Å². The average Bonchev–Trinajstić information content (AvgIpc) is 3.19. The van der Waals surface area contributed by atoms with Crippen molar-refractivity contribution in [1.29, 1.82) is 0 Å². The van der Waals surface area contributed by atoms with Gasteiger partial charge in [-0.1, -0.05) is 12.8 Å². The van der Waals surface area contributed by atoms with Gasteiger partial charge in [-0.2, -0.15) is 0 Å². The largest absolute Gasteiger partial charge is 0.465 e. The van der Waals surface area contributed by atoms with Crippen molar-refractivity contribution in [2.45, 2.75) is 44.1 Å². The number of ether oxygens (including phenoxy) is 2. The molecule has 1 saturated heterocycles. The van der Waals surface area contributed by atoms with Crippen molar-refractivity contribution in [2.24, 2.45) is 0 Å². The molecule has 2 heterocycles. The smallest absolute Gasteiger partial charge is 0.341 e. The molecule has 1 saturated carbocycles. The molecule has 6 nitrogen and oxygen atoms in total. The van der Waals surface area contributed by atoms with Gasteiger partial charge in [0.15, 0.2) is 0 Å². The Morgan fingerprint density at radius 3 is 2.86 bits per heavy atom. The van der Waals surface area contributed by atoms with E-state index < -0.39 is 0 Å². The van der Waals surface area contributed by atoms with Gasteiger partial charge in [0, 0.05) is 18.7 Å². The lowest BCUT2D eigenvalue weighted by atomic mass is 9.99. The van der Waals surface area contributed by atoms with Gasteiger partial charge in [-0.05, 0) is 19.3 Å². The van der Waals surface area contributed by atoms with Crippen molar-refractivity contribution in [1.82, 2.24) is 9.97 Å². The minimum Gasteiger partial charge on any atom is -0.465 e. The molecule has 0 radical (unpaired) electrons. The van der Waals surface area contributed by atoms with Gasteiger partial charge >= 0.3 is 5.97 Å². The molecule has 1 aliphatic heterocycles. The molecule has 2 fully saturated rings. The number of nitrogens with one attached hydrogen (secondary N) is 1. The first-order valence-electron chi connectivity index (χ1n) is 7.57. The summed E-state index contributed by atoms with van der Waals surface area (Å²) in [4.78, 5) is 20.8. The van der Waals surface area contributed by atoms with Gasteiger partial charge in [0.2, 0.25) is 5.95 Å². The van der Waals surface area contributed by atoms with E-state index in [0.717, 1.165) is 31.6 Å². The van der Waals surface area contributed by atoms with Crippen LogP contribution in [0.2, 0.25) is 0 Å². The molecule has 1 aromatic rings. The third kappa shape index (κ3) is 3.15. The maximum absolute atomic E-state index is 11.9. The van der Waals surface area contributed by atoms with Crippen LogP contribution >= 0.6 is 0 Å². The molecule has 1 N–H and O–H groups in total. The summed E-state index contributed by atoms with van der Waals surface area (Å²) in [6.45, 7) is 1.45. The highest BCUT2D eigenvalue weighted by atomic mass is 16.5. The predicted octanol–water partition coefficient (Wildman–Crippen LogP) is 2.12. The van der Waals surface area contributed by atoms with Crippen LogP contribution in [0.15, 0.2) is 6.20 Å². The molecule has 1 unspecified atom stereocenters. The number of anilines is 1. The fourth-order valence-electron chi connectivity index (χ4n) is 3.07. The zero-order valence-electron chi connectivity index (χ0n) is 12.3. The maximum atomic E-state index is 11.9. The van der Waals surface area contributed by atoms with Gasteiger partial charge in [0.05, 0.1) is 31.0 Å². The highest BCUT2D eigenvalue weighted by molar-refractivity contribution is 5.90. The number of esters is 1. The summed E-state index contributed by atoms with van der Waals surface area (Å²) in [5.41, 5.74) is 1.33. The first kappa shape index (κ1) is 14.3. The average molecular weight is 291 g/mol. The molecule has 1 aliphatic carbocycles. The van der Waals surface area contributed by atoms with E-state index in [9.17, 15) is 4.79 Å². The monoisotopic (exact) mass is 291 g/mol. The topological polar surface area (TPSA) is 73.3 Å². The molecule has 1 atom stereocenters. The number of methoxy groups -OCH3 is 1. The Kier molecular flexibility index (Phi) is 4.34. The Morgan fingerprint density at radius 2 is 2.19 bits per heavy atom. The molecule has 0 spiro atoms. The van der Waals surface area contributed by atoms with Crippen LogP contribution in [0.1, 0.15) is 54.1 Å². The first-order valence-corrected chi connectivity index (χ1v) is 7.57. The third-order valence-electron chi connectivity index (χ3n) is 4.23. The standard InChI is InChI=1S/C15H21N3O3/c1-20-14(19)12-8-16-15(17-11-6-7-21-9-11)18-13(12)10-4-2-3-5-10/h8,10-11H,2-7,9H2,1H3,(H,16,17,18). The summed E-state index contributed by atoms with van der Waals surface area (Å²) in [5.74, 6) is 0.565. The van der Waals surface area contributed by atoms with Crippen LogP contribution in [0, 0.1) is 0 Å². The molecule has 6 heteroatoms. The Morgan fingerprint density at radius 1 is 1.38 bits per heavy atom. The van der Waals surface area contributed by atoms with E-state index in [-0.39, 0.29) is 12.0 Å². The van der Waals surface area contributed by atoms with Crippen molar-refractivity contribution in [3.63, 3.8) is 0 Å². The van der Waals surface area contributed by atoms with E-state index in [4.69, 9.17) is 9.47 Å². The van der Waals surface area contributed by atoms with Crippen LogP contribution in [-0.2, 0) is 9.47 Å². The quantitative estimate of drug-likeness (QED) is 0.857. The molecule has 0 aromatic carbocycles. The van der Waals surface area contributed by atoms with E-state index in [2.05, 4.69) is 15.3 Å². The lowest BCUT2D eigenvalue weighted by Gasteiger charge is -2.16. The molecule has 21 heavy (non-hydrogen) atoms. The highest BCUT2D eigenvalue weighted by Gasteiger charge is 2.26. The number of hydrogen-bond donors (Lipinski definition) is 1. The fraction of sp³-hybridized carbons (Fsp3) is 0.667. The first-order chi connectivity index (χ1) is 10.3. The third-order valence-corrected chi connectivity index (χ3v) is 4.23. The summed E-state index contributed by atoms with van der Waals surface area (Å²) >= 11 is 0. The molecule has 114 valence electrons. The Hall–Kier alpha value is -1.69. The number of nitrogens with zero attached hydrogens (tertiary/aromatic N) is 2. The molecular weight excluding hydrogens is 270 g/mol. The minimum absolute atomic E-state index is 0.255. The van der Waals surface area contributed by atoms with Crippen LogP contribution in [0.3, 0.4) is 0 Å². The number of hydrogen-bond acceptors (Lipinski definition) is 6. The number of carbonyl (C=O) groups is 1. The molecule has 2 aliphatic rings. The minimum atomic E-state index is -0.354. The molecule has 0 amide bonds. The second kappa shape index (κ2) is 6.39. The zero-order valence-corrected chi connectivity index (χ0v) is 12.3. The van der Waals surface area contributed by atoms with Gasteiger partial charge in [-0.25, -0.2) is 14.8 Å². The second-order valence-corrected chi connectivity index (χ2v) is 5.67. The zero-order chi connectivity index (χ0) is 14.7. The van der Waals surface area contributed by atoms with E-state index in [1.165, 1.54) is 20.0 Å². The summed E-state index contributed by atoms with van der Waals surface area (Å²) < 4.78 is 10.2. The summed E-state index contributed by atoms with van der Waals surface area (Å²) in [5, 5.41) is 3.29. The van der Waals surface area contributed by atoms with Crippen molar-refractivity contribution in [3.8, 4) is 0 Å². The van der Waals surface area contributed by atoms with Crippen LogP contribution in [-0.4, -0.2) is 42.3 Å². The normalized spacial score (nSPS) is 22.4. The second-order valence-electron chi connectivity index (χ2n) is 5.67. The van der Waals surface area contributed by atoms with E-state index >= 15 is 0 Å². The van der Waals surface area contributed by atoms with E-state index in [1.54, 1.807) is 6.20 Å². The Balaban J connectivity index is 1.85. The van der Waals surface area contributed by atoms with Gasteiger partial charge in [-0.3, -0.25) is 0 Å². The number of aromatic nitrogens is 2. The van der Waals surface area contributed by atoms with Crippen LogP contribution in [0.25, 0.3) is 0 Å². The van der Waals surface area contributed by atoms with Crippen molar-refractivity contribution < 1.29 is 14.3 Å². The van der Waals surface area contributed by atoms with Gasteiger partial charge in [0.1, 0.15) is 0 Å². The van der Waals surface area contributed by atoms with Crippen LogP contribution in [0.4, 0.5) is 5.95 Å². The highest BCUT2D eigenvalue weighted by Crippen LogP contribution is 2.35. The van der Waals surface area contributed by atoms with Crippen molar-refractivity contribution in [3.05, 3.63) is 17.5 Å². The SMILES string of the molecule is COC(=O)c1cnc(NC2CCOC2)nc1C1CCCC1. The molecule has 0 bridgehead atoms. The molecular formula is C15H21N3O3. The molecule has 1 aromatic heterocycles. The summed E-state index contributed by atoms with van der Waals surface area (Å²) in [6, 6.07) is 0.255. The van der Waals surface area contributed by atoms with Crippen molar-refractivity contribution >= 4 is 11.9 Å².